The number of amides is 1. The van der Waals surface area contributed by atoms with Gasteiger partial charge in [0.05, 0.1) is 6.04 Å². The van der Waals surface area contributed by atoms with Crippen LogP contribution in [0.5, 0.6) is 0 Å². The molecule has 1 aromatic rings. The molecule has 1 aliphatic carbocycles. The lowest BCUT2D eigenvalue weighted by molar-refractivity contribution is -0.123. The number of hydrogen-bond acceptors (Lipinski definition) is 2. The number of benzene rings is 1. The number of halogens is 1. The van der Waals surface area contributed by atoms with E-state index in [0.717, 1.165) is 12.1 Å². The Balaban J connectivity index is 0.00000180. The van der Waals surface area contributed by atoms with E-state index in [9.17, 15) is 4.79 Å². The number of rotatable bonds is 5. The maximum Gasteiger partial charge on any atom is 0.237 e. The van der Waals surface area contributed by atoms with Crippen LogP contribution in [-0.4, -0.2) is 18.5 Å². The van der Waals surface area contributed by atoms with Gasteiger partial charge in [0.25, 0.3) is 0 Å². The molecule has 0 heterocycles. The molecule has 106 valence electrons. The molecule has 0 aliphatic heterocycles. The lowest BCUT2D eigenvalue weighted by atomic mass is 9.70. The van der Waals surface area contributed by atoms with Crippen LogP contribution in [-0.2, 0) is 11.2 Å². The monoisotopic (exact) mass is 282 g/mol. The van der Waals surface area contributed by atoms with Gasteiger partial charge < -0.3 is 11.1 Å². The summed E-state index contributed by atoms with van der Waals surface area (Å²) in [6, 6.07) is 9.45. The summed E-state index contributed by atoms with van der Waals surface area (Å²) in [6.45, 7) is 2.98. The predicted octanol–water partition coefficient (Wildman–Crippen LogP) is 2.28. The topological polar surface area (TPSA) is 55.1 Å². The average Bonchev–Trinajstić information content (AvgIpc) is 2.34. The van der Waals surface area contributed by atoms with Crippen LogP contribution in [0.4, 0.5) is 0 Å². The molecule has 3 N–H and O–H groups in total. The highest BCUT2D eigenvalue weighted by Crippen LogP contribution is 2.39. The fourth-order valence-corrected chi connectivity index (χ4v) is 2.35. The predicted molar refractivity (Wildman–Crippen MR) is 80.3 cm³/mol. The highest BCUT2D eigenvalue weighted by molar-refractivity contribution is 5.85. The van der Waals surface area contributed by atoms with Gasteiger partial charge in [-0.1, -0.05) is 43.7 Å². The fraction of sp³-hybridized carbons (Fsp3) is 0.533. The number of carbonyl (C=O) groups is 1. The van der Waals surface area contributed by atoms with Crippen LogP contribution in [0.3, 0.4) is 0 Å². The van der Waals surface area contributed by atoms with E-state index in [1.807, 2.05) is 30.3 Å². The molecule has 1 aliphatic rings. The molecule has 0 radical (unpaired) electrons. The molecule has 1 aromatic carbocycles. The Hall–Kier alpha value is -1.06. The van der Waals surface area contributed by atoms with Crippen LogP contribution in [0.15, 0.2) is 30.3 Å². The molecular formula is C15H23ClN2O. The van der Waals surface area contributed by atoms with E-state index in [-0.39, 0.29) is 18.3 Å². The number of nitrogens with one attached hydrogen (secondary N) is 1. The van der Waals surface area contributed by atoms with Gasteiger partial charge in [0, 0.05) is 6.54 Å². The van der Waals surface area contributed by atoms with Gasteiger partial charge in [0.2, 0.25) is 5.91 Å². The van der Waals surface area contributed by atoms with E-state index in [2.05, 4.69) is 12.2 Å². The van der Waals surface area contributed by atoms with Crippen LogP contribution in [0.25, 0.3) is 0 Å². The zero-order valence-corrected chi connectivity index (χ0v) is 12.2. The average molecular weight is 283 g/mol. The Morgan fingerprint density at radius 1 is 1.37 bits per heavy atom. The van der Waals surface area contributed by atoms with Crippen molar-refractivity contribution in [3.8, 4) is 0 Å². The van der Waals surface area contributed by atoms with Crippen LogP contribution >= 0.6 is 12.4 Å². The molecule has 4 heteroatoms. The molecule has 3 nitrogen and oxygen atoms in total. The third-order valence-electron chi connectivity index (χ3n) is 3.89. The van der Waals surface area contributed by atoms with Crippen LogP contribution in [0.1, 0.15) is 31.7 Å². The Morgan fingerprint density at radius 3 is 2.53 bits per heavy atom. The third-order valence-corrected chi connectivity index (χ3v) is 3.89. The minimum absolute atomic E-state index is 0. The summed E-state index contributed by atoms with van der Waals surface area (Å²) in [6.07, 6.45) is 4.30. The zero-order chi connectivity index (χ0) is 13.0. The van der Waals surface area contributed by atoms with E-state index in [0.29, 0.717) is 11.8 Å². The lowest BCUT2D eigenvalue weighted by Crippen LogP contribution is -2.47. The molecule has 1 amide bonds. The zero-order valence-electron chi connectivity index (χ0n) is 11.4. The normalized spacial score (nSPS) is 17.8. The fourth-order valence-electron chi connectivity index (χ4n) is 2.35. The minimum Gasteiger partial charge on any atom is -0.354 e. The Bertz CT molecular complexity index is 404. The van der Waals surface area contributed by atoms with Crippen molar-refractivity contribution in [3.05, 3.63) is 35.9 Å². The summed E-state index contributed by atoms with van der Waals surface area (Å²) in [5.74, 6) is -0.0352. The Labute approximate surface area is 121 Å². The molecular weight excluding hydrogens is 260 g/mol. The second-order valence-electron chi connectivity index (χ2n) is 5.68. The summed E-state index contributed by atoms with van der Waals surface area (Å²) in [5, 5.41) is 2.98. The number of carbonyl (C=O) groups excluding carboxylic acids is 1. The maximum atomic E-state index is 11.9. The molecule has 1 saturated carbocycles. The number of hydrogen-bond donors (Lipinski definition) is 2. The van der Waals surface area contributed by atoms with Gasteiger partial charge >= 0.3 is 0 Å². The van der Waals surface area contributed by atoms with Gasteiger partial charge in [-0.2, -0.15) is 0 Å². The van der Waals surface area contributed by atoms with Crippen molar-refractivity contribution in [2.75, 3.05) is 6.54 Å². The van der Waals surface area contributed by atoms with Crippen molar-refractivity contribution in [2.24, 2.45) is 11.1 Å². The van der Waals surface area contributed by atoms with E-state index in [1.165, 1.54) is 19.3 Å². The van der Waals surface area contributed by atoms with E-state index in [4.69, 9.17) is 5.73 Å². The summed E-state index contributed by atoms with van der Waals surface area (Å²) in [4.78, 5) is 11.9. The van der Waals surface area contributed by atoms with Crippen molar-refractivity contribution in [1.82, 2.24) is 5.32 Å². The number of nitrogens with two attached hydrogens (primary N) is 1. The van der Waals surface area contributed by atoms with Crippen LogP contribution in [0, 0.1) is 5.41 Å². The first-order chi connectivity index (χ1) is 8.59. The van der Waals surface area contributed by atoms with E-state index in [1.54, 1.807) is 0 Å². The van der Waals surface area contributed by atoms with Crippen molar-refractivity contribution in [2.45, 2.75) is 38.6 Å². The van der Waals surface area contributed by atoms with Crippen LogP contribution in [0.2, 0.25) is 0 Å². The largest absolute Gasteiger partial charge is 0.354 e. The molecule has 1 atom stereocenters. The SMILES string of the molecule is CC1(CNC(=O)[C@@H](N)Cc2ccccc2)CCC1.Cl. The summed E-state index contributed by atoms with van der Waals surface area (Å²) < 4.78 is 0. The van der Waals surface area contributed by atoms with Gasteiger partial charge in [-0.3, -0.25) is 4.79 Å². The minimum atomic E-state index is -0.448. The first-order valence-corrected chi connectivity index (χ1v) is 6.66. The molecule has 0 aromatic heterocycles. The quantitative estimate of drug-likeness (QED) is 0.871. The van der Waals surface area contributed by atoms with Crippen molar-refractivity contribution in [1.29, 1.82) is 0 Å². The van der Waals surface area contributed by atoms with Crippen molar-refractivity contribution >= 4 is 18.3 Å². The van der Waals surface area contributed by atoms with Gasteiger partial charge in [-0.25, -0.2) is 0 Å². The second-order valence-corrected chi connectivity index (χ2v) is 5.68. The second kappa shape index (κ2) is 6.92. The van der Waals surface area contributed by atoms with Crippen LogP contribution < -0.4 is 11.1 Å². The first kappa shape index (κ1) is 16.0. The van der Waals surface area contributed by atoms with Gasteiger partial charge in [0.1, 0.15) is 0 Å². The highest BCUT2D eigenvalue weighted by Gasteiger charge is 2.32. The summed E-state index contributed by atoms with van der Waals surface area (Å²) in [7, 11) is 0. The van der Waals surface area contributed by atoms with Gasteiger partial charge in [-0.05, 0) is 30.2 Å². The van der Waals surface area contributed by atoms with Crippen molar-refractivity contribution < 1.29 is 4.79 Å². The standard InChI is InChI=1S/C15H22N2O.ClH/c1-15(8-5-9-15)11-17-14(18)13(16)10-12-6-3-2-4-7-12;/h2-4,6-7,13H,5,8-11,16H2,1H3,(H,17,18);1H/t13-;/m0./s1. The van der Waals surface area contributed by atoms with Gasteiger partial charge in [-0.15, -0.1) is 12.4 Å². The highest BCUT2D eigenvalue weighted by atomic mass is 35.5. The van der Waals surface area contributed by atoms with E-state index < -0.39 is 6.04 Å². The molecule has 2 rings (SSSR count). The van der Waals surface area contributed by atoms with Crippen molar-refractivity contribution in [3.63, 3.8) is 0 Å². The summed E-state index contributed by atoms with van der Waals surface area (Å²) in [5.41, 5.74) is 7.34. The molecule has 0 unspecified atom stereocenters. The van der Waals surface area contributed by atoms with Gasteiger partial charge in [0.15, 0.2) is 0 Å². The Morgan fingerprint density at radius 2 is 2.00 bits per heavy atom. The molecule has 0 spiro atoms. The smallest absolute Gasteiger partial charge is 0.237 e. The summed E-state index contributed by atoms with van der Waals surface area (Å²) >= 11 is 0. The molecule has 0 bridgehead atoms. The molecule has 0 saturated heterocycles. The first-order valence-electron chi connectivity index (χ1n) is 6.66. The lowest BCUT2D eigenvalue weighted by Gasteiger charge is -2.38. The molecule has 1 fully saturated rings. The maximum absolute atomic E-state index is 11.9. The molecule has 19 heavy (non-hydrogen) atoms. The third kappa shape index (κ3) is 4.51. The Kier molecular flexibility index (Phi) is 5.83. The van der Waals surface area contributed by atoms with E-state index >= 15 is 0 Å².